The Bertz CT molecular complexity index is 1120. The largest absolute Gasteiger partial charge is 0.416 e. The van der Waals surface area contributed by atoms with Crippen molar-refractivity contribution < 1.29 is 35.9 Å². The lowest BCUT2D eigenvalue weighted by Crippen LogP contribution is -2.53. The summed E-state index contributed by atoms with van der Waals surface area (Å²) in [6.07, 6.45) is -6.16. The summed E-state index contributed by atoms with van der Waals surface area (Å²) in [7, 11) is 0. The molecule has 11 heteroatoms. The second-order valence-electron chi connectivity index (χ2n) is 10.4. The Labute approximate surface area is 222 Å². The number of carbonyl (C=O) groups is 2. The molecule has 0 atom stereocenters. The van der Waals surface area contributed by atoms with Crippen LogP contribution in [0, 0.1) is 5.92 Å². The molecule has 2 aromatic rings. The van der Waals surface area contributed by atoms with Gasteiger partial charge >= 0.3 is 12.4 Å². The first kappa shape index (κ1) is 28.9. The van der Waals surface area contributed by atoms with E-state index in [0.29, 0.717) is 50.7 Å². The smallest absolute Gasteiger partial charge is 0.353 e. The van der Waals surface area contributed by atoms with Crippen LogP contribution >= 0.6 is 0 Å². The molecule has 0 radical (unpaired) electrons. The molecule has 1 saturated heterocycles. The molecule has 2 aromatic carbocycles. The van der Waals surface area contributed by atoms with Crippen molar-refractivity contribution in [3.05, 3.63) is 65.2 Å². The van der Waals surface area contributed by atoms with Gasteiger partial charge in [-0.15, -0.1) is 0 Å². The lowest BCUT2D eigenvalue weighted by Gasteiger charge is -2.39. The van der Waals surface area contributed by atoms with Crippen LogP contribution in [0.4, 0.5) is 32.0 Å². The van der Waals surface area contributed by atoms with Gasteiger partial charge in [0.1, 0.15) is 0 Å². The number of piperidine rings is 1. The summed E-state index contributed by atoms with van der Waals surface area (Å²) >= 11 is 0. The third-order valence-corrected chi connectivity index (χ3v) is 7.75. The maximum atomic E-state index is 13.5. The monoisotopic (exact) mass is 555 g/mol. The van der Waals surface area contributed by atoms with Crippen LogP contribution < -0.4 is 16.0 Å². The van der Waals surface area contributed by atoms with Crippen LogP contribution in [0.2, 0.25) is 0 Å². The molecule has 2 fully saturated rings. The van der Waals surface area contributed by atoms with E-state index in [9.17, 15) is 35.9 Å². The van der Waals surface area contributed by atoms with E-state index in [4.69, 9.17) is 0 Å². The Morgan fingerprint density at radius 2 is 1.41 bits per heavy atom. The highest BCUT2D eigenvalue weighted by atomic mass is 19.4. The highest BCUT2D eigenvalue weighted by Crippen LogP contribution is 2.38. The van der Waals surface area contributed by atoms with Crippen LogP contribution in [0.3, 0.4) is 0 Å². The van der Waals surface area contributed by atoms with E-state index in [1.54, 1.807) is 0 Å². The Morgan fingerprint density at radius 3 is 1.95 bits per heavy atom. The minimum absolute atomic E-state index is 0.0126. The summed E-state index contributed by atoms with van der Waals surface area (Å²) < 4.78 is 78.6. The predicted molar refractivity (Wildman–Crippen MR) is 134 cm³/mol. The number of benzene rings is 2. The average molecular weight is 556 g/mol. The summed E-state index contributed by atoms with van der Waals surface area (Å²) in [4.78, 5) is 26.0. The standard InChI is InChI=1S/C28H31F6N3O2/c29-27(30,31)20-15-21(28(32,33)34)17-23(16-20)36-24(38)14-18-6-8-22(9-7-18)37-25(39)26(10-12-35-13-11-26)19-4-2-1-3-5-19/h1-5,15-18,22,35H,6-14H2,(H,36,38)(H,37,39)/t18-,22-. The number of rotatable bonds is 6. The molecule has 39 heavy (non-hydrogen) atoms. The van der Waals surface area contributed by atoms with Crippen LogP contribution in [0.15, 0.2) is 48.5 Å². The highest BCUT2D eigenvalue weighted by Gasteiger charge is 2.42. The van der Waals surface area contributed by atoms with E-state index in [2.05, 4.69) is 16.0 Å². The molecule has 1 aliphatic carbocycles. The Kier molecular flexibility index (Phi) is 8.58. The van der Waals surface area contributed by atoms with E-state index in [1.165, 1.54) is 0 Å². The molecule has 0 spiro atoms. The predicted octanol–water partition coefficient (Wildman–Crippen LogP) is 6.05. The van der Waals surface area contributed by atoms with Gasteiger partial charge < -0.3 is 16.0 Å². The molecule has 0 bridgehead atoms. The second kappa shape index (κ2) is 11.6. The third-order valence-electron chi connectivity index (χ3n) is 7.75. The van der Waals surface area contributed by atoms with E-state index in [0.717, 1.165) is 18.7 Å². The van der Waals surface area contributed by atoms with Crippen LogP contribution in [0.1, 0.15) is 61.6 Å². The summed E-state index contributed by atoms with van der Waals surface area (Å²) in [6, 6.07) is 10.7. The van der Waals surface area contributed by atoms with Crippen LogP contribution in [0.5, 0.6) is 0 Å². The third kappa shape index (κ3) is 7.12. The fourth-order valence-corrected chi connectivity index (χ4v) is 5.59. The number of nitrogens with one attached hydrogen (secondary N) is 3. The van der Waals surface area contributed by atoms with Crippen molar-refractivity contribution >= 4 is 17.5 Å². The number of hydrogen-bond donors (Lipinski definition) is 3. The number of carbonyl (C=O) groups excluding carboxylic acids is 2. The normalized spacial score (nSPS) is 21.7. The first-order valence-corrected chi connectivity index (χ1v) is 13.0. The maximum absolute atomic E-state index is 13.5. The van der Waals surface area contributed by atoms with Crippen molar-refractivity contribution in [2.45, 2.75) is 68.8 Å². The number of amides is 2. The SMILES string of the molecule is O=C(C[C@H]1CC[C@H](NC(=O)C2(c3ccccc3)CCNCC2)CC1)Nc1cc(C(F)(F)F)cc(C(F)(F)F)c1. The molecule has 3 N–H and O–H groups in total. The minimum Gasteiger partial charge on any atom is -0.353 e. The van der Waals surface area contributed by atoms with E-state index in [-0.39, 0.29) is 30.4 Å². The number of alkyl halides is 6. The van der Waals surface area contributed by atoms with Gasteiger partial charge in [-0.1, -0.05) is 30.3 Å². The molecule has 1 saturated carbocycles. The fourth-order valence-electron chi connectivity index (χ4n) is 5.59. The van der Waals surface area contributed by atoms with Crippen molar-refractivity contribution in [3.63, 3.8) is 0 Å². The molecule has 2 amide bonds. The van der Waals surface area contributed by atoms with Gasteiger partial charge in [-0.2, -0.15) is 26.3 Å². The number of halogens is 6. The van der Waals surface area contributed by atoms with Crippen LogP contribution in [-0.2, 0) is 27.4 Å². The van der Waals surface area contributed by atoms with Crippen molar-refractivity contribution in [2.75, 3.05) is 18.4 Å². The second-order valence-corrected chi connectivity index (χ2v) is 10.4. The Morgan fingerprint density at radius 1 is 0.846 bits per heavy atom. The van der Waals surface area contributed by atoms with Crippen molar-refractivity contribution in [1.29, 1.82) is 0 Å². The van der Waals surface area contributed by atoms with Gasteiger partial charge in [0.25, 0.3) is 0 Å². The molecular weight excluding hydrogens is 524 g/mol. The Balaban J connectivity index is 1.33. The lowest BCUT2D eigenvalue weighted by molar-refractivity contribution is -0.143. The molecule has 0 aromatic heterocycles. The van der Waals surface area contributed by atoms with Gasteiger partial charge in [-0.05, 0) is 81.3 Å². The van der Waals surface area contributed by atoms with Crippen LogP contribution in [0.25, 0.3) is 0 Å². The van der Waals surface area contributed by atoms with E-state index in [1.807, 2.05) is 30.3 Å². The molecule has 2 aliphatic rings. The highest BCUT2D eigenvalue weighted by molar-refractivity contribution is 5.91. The van der Waals surface area contributed by atoms with Crippen LogP contribution in [-0.4, -0.2) is 30.9 Å². The lowest BCUT2D eigenvalue weighted by atomic mass is 9.72. The molecule has 5 nitrogen and oxygen atoms in total. The Hall–Kier alpha value is -3.08. The topological polar surface area (TPSA) is 70.2 Å². The number of hydrogen-bond acceptors (Lipinski definition) is 3. The zero-order valence-electron chi connectivity index (χ0n) is 21.2. The summed E-state index contributed by atoms with van der Waals surface area (Å²) in [5, 5.41) is 8.71. The van der Waals surface area contributed by atoms with Gasteiger partial charge in [0.15, 0.2) is 0 Å². The fraction of sp³-hybridized carbons (Fsp3) is 0.500. The summed E-state index contributed by atoms with van der Waals surface area (Å²) in [6.45, 7) is 1.47. The molecule has 4 rings (SSSR count). The molecule has 0 unspecified atom stereocenters. The first-order valence-electron chi connectivity index (χ1n) is 13.0. The maximum Gasteiger partial charge on any atom is 0.416 e. The summed E-state index contributed by atoms with van der Waals surface area (Å²) in [5.74, 6) is -0.748. The molecular formula is C28H31F6N3O2. The van der Waals surface area contributed by atoms with Gasteiger partial charge in [0, 0.05) is 18.2 Å². The van der Waals surface area contributed by atoms with E-state index < -0.39 is 40.5 Å². The van der Waals surface area contributed by atoms with Gasteiger partial charge in [-0.25, -0.2) is 0 Å². The van der Waals surface area contributed by atoms with Crippen molar-refractivity contribution in [2.24, 2.45) is 5.92 Å². The zero-order chi connectivity index (χ0) is 28.3. The van der Waals surface area contributed by atoms with Gasteiger partial charge in [0.05, 0.1) is 16.5 Å². The average Bonchev–Trinajstić information content (AvgIpc) is 2.89. The van der Waals surface area contributed by atoms with Gasteiger partial charge in [0.2, 0.25) is 11.8 Å². The molecule has 1 aliphatic heterocycles. The van der Waals surface area contributed by atoms with E-state index >= 15 is 0 Å². The molecule has 212 valence electrons. The molecule has 1 heterocycles. The minimum atomic E-state index is -4.99. The number of anilines is 1. The first-order chi connectivity index (χ1) is 18.4. The summed E-state index contributed by atoms with van der Waals surface area (Å²) in [5.41, 5.74) is -3.13. The van der Waals surface area contributed by atoms with Crippen molar-refractivity contribution in [1.82, 2.24) is 10.6 Å². The zero-order valence-corrected chi connectivity index (χ0v) is 21.2. The van der Waals surface area contributed by atoms with Crippen molar-refractivity contribution in [3.8, 4) is 0 Å². The van der Waals surface area contributed by atoms with Gasteiger partial charge in [-0.3, -0.25) is 9.59 Å². The quantitative estimate of drug-likeness (QED) is 0.380.